The number of methoxy groups -OCH3 is 1. The number of aromatic nitrogens is 2. The summed E-state index contributed by atoms with van der Waals surface area (Å²) in [6, 6.07) is 8.26. The van der Waals surface area contributed by atoms with Gasteiger partial charge in [-0.05, 0) is 25.5 Å². The molecule has 2 rings (SSSR count). The molecule has 1 aromatic heterocycles. The summed E-state index contributed by atoms with van der Waals surface area (Å²) in [5, 5.41) is 14.0. The highest BCUT2D eigenvalue weighted by Gasteiger charge is 2.10. The minimum absolute atomic E-state index is 0.0486. The molecule has 1 heterocycles. The average Bonchev–Trinajstić information content (AvgIpc) is 2.54. The molecule has 23 heavy (non-hydrogen) atoms. The van der Waals surface area contributed by atoms with Crippen LogP contribution in [0.1, 0.15) is 19.5 Å². The first-order valence-corrected chi connectivity index (χ1v) is 7.41. The van der Waals surface area contributed by atoms with E-state index in [9.17, 15) is 10.1 Å². The number of rotatable bonds is 7. The van der Waals surface area contributed by atoms with E-state index in [-0.39, 0.29) is 11.7 Å². The van der Waals surface area contributed by atoms with Gasteiger partial charge < -0.3 is 10.1 Å². The highest BCUT2D eigenvalue weighted by molar-refractivity contribution is 5.59. The van der Waals surface area contributed by atoms with Crippen molar-refractivity contribution < 1.29 is 9.66 Å². The molecule has 1 N–H and O–H groups in total. The third-order valence-corrected chi connectivity index (χ3v) is 3.29. The topological polar surface area (TPSA) is 90.2 Å². The molecule has 0 bridgehead atoms. The zero-order valence-corrected chi connectivity index (χ0v) is 13.4. The average molecular weight is 316 g/mol. The number of aryl methyl sites for hydroxylation is 1. The standard InChI is InChI=1S/C16H20N4O3/c1-4-13-9-15(17-11(2)10-23-3)19-16(18-13)12-5-7-14(8-6-12)20(21)22/h5-9,11H,4,10H2,1-3H3,(H,17,18,19). The molecule has 0 spiro atoms. The lowest BCUT2D eigenvalue weighted by Gasteiger charge is -2.15. The molecule has 0 fully saturated rings. The summed E-state index contributed by atoms with van der Waals surface area (Å²) in [7, 11) is 1.65. The summed E-state index contributed by atoms with van der Waals surface area (Å²) >= 11 is 0. The third-order valence-electron chi connectivity index (χ3n) is 3.29. The molecule has 0 saturated heterocycles. The molecule has 2 aromatic rings. The second kappa shape index (κ2) is 7.64. The Balaban J connectivity index is 2.31. The van der Waals surface area contributed by atoms with Crippen LogP contribution >= 0.6 is 0 Å². The Bertz CT molecular complexity index is 674. The smallest absolute Gasteiger partial charge is 0.269 e. The van der Waals surface area contributed by atoms with Gasteiger partial charge in [0.1, 0.15) is 5.82 Å². The van der Waals surface area contributed by atoms with E-state index in [4.69, 9.17) is 4.74 Å². The van der Waals surface area contributed by atoms with Crippen molar-refractivity contribution in [3.05, 3.63) is 46.1 Å². The molecule has 1 unspecified atom stereocenters. The quantitative estimate of drug-likeness (QED) is 0.623. The minimum atomic E-state index is -0.424. The fraction of sp³-hybridized carbons (Fsp3) is 0.375. The van der Waals surface area contributed by atoms with Crippen molar-refractivity contribution >= 4 is 11.5 Å². The highest BCUT2D eigenvalue weighted by atomic mass is 16.6. The van der Waals surface area contributed by atoms with Gasteiger partial charge in [-0.1, -0.05) is 6.92 Å². The maximum absolute atomic E-state index is 10.7. The predicted molar refractivity (Wildman–Crippen MR) is 88.5 cm³/mol. The Morgan fingerprint density at radius 3 is 2.57 bits per heavy atom. The van der Waals surface area contributed by atoms with Crippen molar-refractivity contribution in [2.45, 2.75) is 26.3 Å². The molecule has 0 radical (unpaired) electrons. The van der Waals surface area contributed by atoms with Crippen LogP contribution in [0.5, 0.6) is 0 Å². The Labute approximate surface area is 134 Å². The van der Waals surface area contributed by atoms with Crippen LogP contribution in [0.3, 0.4) is 0 Å². The molecular formula is C16H20N4O3. The number of non-ortho nitro benzene ring substituents is 1. The summed E-state index contributed by atoms with van der Waals surface area (Å²) in [5.41, 5.74) is 1.70. The lowest BCUT2D eigenvalue weighted by Crippen LogP contribution is -2.21. The second-order valence-electron chi connectivity index (χ2n) is 5.23. The zero-order valence-electron chi connectivity index (χ0n) is 13.4. The van der Waals surface area contributed by atoms with Crippen molar-refractivity contribution in [1.29, 1.82) is 0 Å². The number of hydrogen-bond acceptors (Lipinski definition) is 6. The van der Waals surface area contributed by atoms with E-state index in [1.165, 1.54) is 12.1 Å². The van der Waals surface area contributed by atoms with Gasteiger partial charge in [-0.3, -0.25) is 10.1 Å². The summed E-state index contributed by atoms with van der Waals surface area (Å²) in [4.78, 5) is 19.3. The Hall–Kier alpha value is -2.54. The van der Waals surface area contributed by atoms with Gasteiger partial charge in [-0.2, -0.15) is 0 Å². The van der Waals surface area contributed by atoms with Crippen LogP contribution in [-0.4, -0.2) is 34.6 Å². The molecule has 122 valence electrons. The molecular weight excluding hydrogens is 296 g/mol. The number of hydrogen-bond donors (Lipinski definition) is 1. The number of nitro groups is 1. The van der Waals surface area contributed by atoms with E-state index >= 15 is 0 Å². The van der Waals surface area contributed by atoms with Gasteiger partial charge in [-0.15, -0.1) is 0 Å². The maximum atomic E-state index is 10.7. The maximum Gasteiger partial charge on any atom is 0.269 e. The zero-order chi connectivity index (χ0) is 16.8. The Morgan fingerprint density at radius 1 is 1.30 bits per heavy atom. The lowest BCUT2D eigenvalue weighted by molar-refractivity contribution is -0.384. The molecule has 7 heteroatoms. The van der Waals surface area contributed by atoms with Gasteiger partial charge in [0, 0.05) is 42.6 Å². The number of nitro benzene ring substituents is 1. The second-order valence-corrected chi connectivity index (χ2v) is 5.23. The summed E-state index contributed by atoms with van der Waals surface area (Å²) < 4.78 is 5.11. The van der Waals surface area contributed by atoms with Gasteiger partial charge in [-0.25, -0.2) is 9.97 Å². The predicted octanol–water partition coefficient (Wildman–Crippen LogP) is 3.06. The molecule has 0 aliphatic rings. The SMILES string of the molecule is CCc1cc(NC(C)COC)nc(-c2ccc([N+](=O)[O-])cc2)n1. The van der Waals surface area contributed by atoms with Crippen molar-refractivity contribution in [2.24, 2.45) is 0 Å². The van der Waals surface area contributed by atoms with Gasteiger partial charge in [0.15, 0.2) is 5.82 Å². The van der Waals surface area contributed by atoms with Gasteiger partial charge in [0.25, 0.3) is 5.69 Å². The number of nitrogens with zero attached hydrogens (tertiary/aromatic N) is 3. The minimum Gasteiger partial charge on any atom is -0.383 e. The molecule has 7 nitrogen and oxygen atoms in total. The van der Waals surface area contributed by atoms with E-state index in [0.717, 1.165) is 23.5 Å². The number of nitrogens with one attached hydrogen (secondary N) is 1. The molecule has 0 saturated carbocycles. The normalized spacial score (nSPS) is 12.0. The fourth-order valence-corrected chi connectivity index (χ4v) is 2.16. The Kier molecular flexibility index (Phi) is 5.59. The summed E-state index contributed by atoms with van der Waals surface area (Å²) in [6.07, 6.45) is 0.774. The first-order chi connectivity index (χ1) is 11.0. The van der Waals surface area contributed by atoms with E-state index in [1.54, 1.807) is 19.2 Å². The van der Waals surface area contributed by atoms with Gasteiger partial charge in [0.2, 0.25) is 0 Å². The van der Waals surface area contributed by atoms with E-state index in [0.29, 0.717) is 12.4 Å². The third kappa shape index (κ3) is 4.46. The molecule has 1 aromatic carbocycles. The van der Waals surface area contributed by atoms with Crippen LogP contribution in [0.2, 0.25) is 0 Å². The fourth-order valence-electron chi connectivity index (χ4n) is 2.16. The van der Waals surface area contributed by atoms with Crippen LogP contribution in [-0.2, 0) is 11.2 Å². The van der Waals surface area contributed by atoms with Crippen LogP contribution in [0.15, 0.2) is 30.3 Å². The highest BCUT2D eigenvalue weighted by Crippen LogP contribution is 2.21. The Morgan fingerprint density at radius 2 is 2.00 bits per heavy atom. The lowest BCUT2D eigenvalue weighted by atomic mass is 10.2. The van der Waals surface area contributed by atoms with Crippen LogP contribution in [0.25, 0.3) is 11.4 Å². The monoisotopic (exact) mass is 316 g/mol. The molecule has 0 amide bonds. The van der Waals surface area contributed by atoms with Crippen molar-refractivity contribution in [2.75, 3.05) is 19.0 Å². The largest absolute Gasteiger partial charge is 0.383 e. The van der Waals surface area contributed by atoms with Crippen LogP contribution in [0, 0.1) is 10.1 Å². The number of ether oxygens (including phenoxy) is 1. The first kappa shape index (κ1) is 16.8. The van der Waals surface area contributed by atoms with Gasteiger partial charge in [0.05, 0.1) is 11.5 Å². The van der Waals surface area contributed by atoms with Crippen molar-refractivity contribution in [3.8, 4) is 11.4 Å². The number of benzene rings is 1. The van der Waals surface area contributed by atoms with E-state index in [1.807, 2.05) is 19.9 Å². The summed E-state index contributed by atoms with van der Waals surface area (Å²) in [6.45, 7) is 4.59. The first-order valence-electron chi connectivity index (χ1n) is 7.41. The van der Waals surface area contributed by atoms with Crippen molar-refractivity contribution in [1.82, 2.24) is 9.97 Å². The molecule has 0 aliphatic carbocycles. The van der Waals surface area contributed by atoms with Crippen molar-refractivity contribution in [3.63, 3.8) is 0 Å². The van der Waals surface area contributed by atoms with Gasteiger partial charge >= 0.3 is 0 Å². The van der Waals surface area contributed by atoms with Crippen LogP contribution < -0.4 is 5.32 Å². The van der Waals surface area contributed by atoms with E-state index in [2.05, 4.69) is 15.3 Å². The molecule has 1 atom stereocenters. The molecule has 0 aliphatic heterocycles. The van der Waals surface area contributed by atoms with E-state index < -0.39 is 4.92 Å². The number of anilines is 1. The van der Waals surface area contributed by atoms with Crippen LogP contribution in [0.4, 0.5) is 11.5 Å². The summed E-state index contributed by atoms with van der Waals surface area (Å²) in [5.74, 6) is 1.26.